The van der Waals surface area contributed by atoms with Crippen LogP contribution in [0.2, 0.25) is 0 Å². The Morgan fingerprint density at radius 2 is 1.68 bits per heavy atom. The van der Waals surface area contributed by atoms with Gasteiger partial charge in [-0.25, -0.2) is 0 Å². The van der Waals surface area contributed by atoms with E-state index in [1.165, 1.54) is 25.7 Å². The highest BCUT2D eigenvalue weighted by atomic mass is 16.2. The molecule has 1 aliphatic carbocycles. The lowest BCUT2D eigenvalue weighted by atomic mass is 9.94. The zero-order valence-corrected chi connectivity index (χ0v) is 11.8. The second-order valence-corrected chi connectivity index (χ2v) is 6.36. The van der Waals surface area contributed by atoms with Crippen LogP contribution in [0.4, 0.5) is 0 Å². The number of rotatable bonds is 2. The first-order valence-corrected chi connectivity index (χ1v) is 7.79. The summed E-state index contributed by atoms with van der Waals surface area (Å²) in [4.78, 5) is 28.8. The van der Waals surface area contributed by atoms with E-state index in [1.54, 1.807) is 0 Å². The van der Waals surface area contributed by atoms with Crippen molar-refractivity contribution in [1.29, 1.82) is 0 Å². The Bertz CT molecular complexity index is 376. The standard InChI is InChI=1S/C15H24N2O2/c1-11-14(18)16-9-5-4-8-13(16)15(19)17(11)10-12-6-2-3-7-12/h11-13H,2-10H2,1H3. The van der Waals surface area contributed by atoms with Gasteiger partial charge in [0, 0.05) is 13.1 Å². The van der Waals surface area contributed by atoms with E-state index in [-0.39, 0.29) is 23.9 Å². The SMILES string of the molecule is CC1C(=O)N2CCCCC2C(=O)N1CC1CCCC1. The van der Waals surface area contributed by atoms with Crippen LogP contribution < -0.4 is 0 Å². The van der Waals surface area contributed by atoms with Crippen molar-refractivity contribution < 1.29 is 9.59 Å². The Morgan fingerprint density at radius 1 is 1.00 bits per heavy atom. The number of carbonyl (C=O) groups is 2. The monoisotopic (exact) mass is 264 g/mol. The van der Waals surface area contributed by atoms with E-state index >= 15 is 0 Å². The van der Waals surface area contributed by atoms with Crippen molar-refractivity contribution in [3.05, 3.63) is 0 Å². The van der Waals surface area contributed by atoms with Crippen molar-refractivity contribution in [1.82, 2.24) is 9.80 Å². The topological polar surface area (TPSA) is 40.6 Å². The summed E-state index contributed by atoms with van der Waals surface area (Å²) in [5.41, 5.74) is 0. The summed E-state index contributed by atoms with van der Waals surface area (Å²) in [5.74, 6) is 0.996. The summed E-state index contributed by atoms with van der Waals surface area (Å²) in [6, 6.07) is -0.402. The van der Waals surface area contributed by atoms with Gasteiger partial charge in [-0.15, -0.1) is 0 Å². The van der Waals surface area contributed by atoms with Crippen LogP contribution in [-0.4, -0.2) is 46.8 Å². The Morgan fingerprint density at radius 3 is 2.42 bits per heavy atom. The highest BCUT2D eigenvalue weighted by molar-refractivity contribution is 5.96. The van der Waals surface area contributed by atoms with Gasteiger partial charge in [0.2, 0.25) is 11.8 Å². The Hall–Kier alpha value is -1.06. The molecule has 4 heteroatoms. The van der Waals surface area contributed by atoms with E-state index in [1.807, 2.05) is 16.7 Å². The molecule has 106 valence electrons. The summed E-state index contributed by atoms with van der Waals surface area (Å²) in [6.45, 7) is 3.48. The molecular formula is C15H24N2O2. The maximum atomic E-state index is 12.6. The van der Waals surface area contributed by atoms with Crippen LogP contribution in [-0.2, 0) is 9.59 Å². The van der Waals surface area contributed by atoms with Crippen molar-refractivity contribution in [2.45, 2.75) is 64.0 Å². The molecule has 2 atom stereocenters. The molecular weight excluding hydrogens is 240 g/mol. The minimum absolute atomic E-state index is 0.154. The maximum absolute atomic E-state index is 12.6. The van der Waals surface area contributed by atoms with Gasteiger partial charge in [0.05, 0.1) is 0 Å². The fourth-order valence-corrected chi connectivity index (χ4v) is 3.93. The van der Waals surface area contributed by atoms with Gasteiger partial charge < -0.3 is 9.80 Å². The van der Waals surface area contributed by atoms with Crippen LogP contribution >= 0.6 is 0 Å². The van der Waals surface area contributed by atoms with Gasteiger partial charge in [-0.2, -0.15) is 0 Å². The number of carbonyl (C=O) groups excluding carboxylic acids is 2. The van der Waals surface area contributed by atoms with Crippen molar-refractivity contribution in [3.63, 3.8) is 0 Å². The fourth-order valence-electron chi connectivity index (χ4n) is 3.93. The first-order chi connectivity index (χ1) is 9.18. The van der Waals surface area contributed by atoms with Gasteiger partial charge >= 0.3 is 0 Å². The van der Waals surface area contributed by atoms with E-state index in [2.05, 4.69) is 0 Å². The summed E-state index contributed by atoms with van der Waals surface area (Å²) in [7, 11) is 0. The number of amides is 2. The molecule has 19 heavy (non-hydrogen) atoms. The molecule has 3 aliphatic rings. The predicted molar refractivity (Wildman–Crippen MR) is 72.5 cm³/mol. The first kappa shape index (κ1) is 12.9. The van der Waals surface area contributed by atoms with Crippen LogP contribution in [0.15, 0.2) is 0 Å². The third-order valence-electron chi connectivity index (χ3n) is 5.11. The quantitative estimate of drug-likeness (QED) is 0.763. The number of piperidine rings is 1. The summed E-state index contributed by atoms with van der Waals surface area (Å²) in [5, 5.41) is 0. The molecule has 3 fully saturated rings. The van der Waals surface area contributed by atoms with Gasteiger partial charge in [-0.3, -0.25) is 9.59 Å². The molecule has 4 nitrogen and oxygen atoms in total. The third kappa shape index (κ3) is 2.26. The predicted octanol–water partition coefficient (Wildman–Crippen LogP) is 1.79. The minimum atomic E-state index is -0.248. The van der Waals surface area contributed by atoms with Gasteiger partial charge in [0.15, 0.2) is 0 Å². The Labute approximate surface area is 115 Å². The number of hydrogen-bond donors (Lipinski definition) is 0. The average molecular weight is 264 g/mol. The lowest BCUT2D eigenvalue weighted by molar-refractivity contribution is -0.163. The smallest absolute Gasteiger partial charge is 0.246 e. The molecule has 0 aromatic rings. The van der Waals surface area contributed by atoms with Gasteiger partial charge in [0.1, 0.15) is 12.1 Å². The molecule has 0 radical (unpaired) electrons. The highest BCUT2D eigenvalue weighted by Gasteiger charge is 2.45. The summed E-state index contributed by atoms with van der Waals surface area (Å²) in [6.07, 6.45) is 7.99. The van der Waals surface area contributed by atoms with E-state index in [0.29, 0.717) is 5.92 Å². The molecule has 0 aromatic heterocycles. The van der Waals surface area contributed by atoms with Crippen molar-refractivity contribution in [3.8, 4) is 0 Å². The summed E-state index contributed by atoms with van der Waals surface area (Å²) >= 11 is 0. The second-order valence-electron chi connectivity index (χ2n) is 6.36. The molecule has 1 saturated carbocycles. The Kier molecular flexibility index (Phi) is 3.50. The zero-order chi connectivity index (χ0) is 13.4. The largest absolute Gasteiger partial charge is 0.329 e. The van der Waals surface area contributed by atoms with Crippen LogP contribution in [0.5, 0.6) is 0 Å². The van der Waals surface area contributed by atoms with Gasteiger partial charge in [0.25, 0.3) is 0 Å². The van der Waals surface area contributed by atoms with E-state index in [9.17, 15) is 9.59 Å². The molecule has 0 spiro atoms. The van der Waals surface area contributed by atoms with Crippen LogP contribution in [0.3, 0.4) is 0 Å². The Balaban J connectivity index is 1.75. The zero-order valence-electron chi connectivity index (χ0n) is 11.8. The number of nitrogens with zero attached hydrogens (tertiary/aromatic N) is 2. The lowest BCUT2D eigenvalue weighted by Crippen LogP contribution is -2.65. The van der Waals surface area contributed by atoms with E-state index < -0.39 is 0 Å². The average Bonchev–Trinajstić information content (AvgIpc) is 2.94. The van der Waals surface area contributed by atoms with Crippen molar-refractivity contribution in [2.24, 2.45) is 5.92 Å². The molecule has 3 rings (SSSR count). The van der Waals surface area contributed by atoms with Crippen LogP contribution in [0.1, 0.15) is 51.9 Å². The molecule has 2 aliphatic heterocycles. The van der Waals surface area contributed by atoms with Gasteiger partial charge in [-0.1, -0.05) is 12.8 Å². The molecule has 2 amide bonds. The number of piperazine rings is 1. The van der Waals surface area contributed by atoms with Crippen LogP contribution in [0.25, 0.3) is 0 Å². The van der Waals surface area contributed by atoms with Gasteiger partial charge in [-0.05, 0) is 44.9 Å². The minimum Gasteiger partial charge on any atom is -0.329 e. The lowest BCUT2D eigenvalue weighted by Gasteiger charge is -2.46. The molecule has 2 unspecified atom stereocenters. The third-order valence-corrected chi connectivity index (χ3v) is 5.11. The van der Waals surface area contributed by atoms with Crippen molar-refractivity contribution >= 4 is 11.8 Å². The molecule has 0 N–H and O–H groups in total. The highest BCUT2D eigenvalue weighted by Crippen LogP contribution is 2.30. The molecule has 0 bridgehead atoms. The van der Waals surface area contributed by atoms with E-state index in [4.69, 9.17) is 0 Å². The molecule has 2 heterocycles. The normalized spacial score (nSPS) is 32.9. The number of fused-ring (bicyclic) bond motifs is 1. The number of hydrogen-bond acceptors (Lipinski definition) is 2. The molecule has 2 saturated heterocycles. The molecule has 0 aromatic carbocycles. The fraction of sp³-hybridized carbons (Fsp3) is 0.867. The van der Waals surface area contributed by atoms with E-state index in [0.717, 1.165) is 32.4 Å². The summed E-state index contributed by atoms with van der Waals surface area (Å²) < 4.78 is 0. The van der Waals surface area contributed by atoms with Crippen LogP contribution in [0, 0.1) is 5.92 Å². The van der Waals surface area contributed by atoms with Crippen molar-refractivity contribution in [2.75, 3.05) is 13.1 Å². The maximum Gasteiger partial charge on any atom is 0.246 e. The first-order valence-electron chi connectivity index (χ1n) is 7.79. The second kappa shape index (κ2) is 5.14.